The molecule has 0 nitrogen and oxygen atoms in total. The summed E-state index contributed by atoms with van der Waals surface area (Å²) in [5.41, 5.74) is 0. The van der Waals surface area contributed by atoms with Crippen molar-refractivity contribution in [2.24, 2.45) is 11.8 Å². The molecule has 0 heteroatoms. The average Bonchev–Trinajstić information content (AvgIpc) is 2.41. The van der Waals surface area contributed by atoms with Crippen LogP contribution in [0.5, 0.6) is 0 Å². The van der Waals surface area contributed by atoms with Crippen LogP contribution in [0, 0.1) is 11.8 Å². The molecule has 0 heterocycles. The second-order valence-corrected chi connectivity index (χ2v) is 7.11. The largest absolute Gasteiger partial charge is 0.0654 e. The zero-order chi connectivity index (χ0) is 13.8. The quantitative estimate of drug-likeness (QED) is 0.349. The van der Waals surface area contributed by atoms with Gasteiger partial charge in [0.2, 0.25) is 0 Å². The van der Waals surface area contributed by atoms with Crippen LogP contribution in [-0.2, 0) is 0 Å². The van der Waals surface area contributed by atoms with Gasteiger partial charge in [-0.15, -0.1) is 0 Å². The standard InChI is InChI=1S/C19H38/c1-3-4-5-6-7-8-9-10-11-12-15-19-16-13-14-18(2)17-19/h18-19H,3-17H2,1-2H3. The molecular weight excluding hydrogens is 228 g/mol. The highest BCUT2D eigenvalue weighted by Gasteiger charge is 2.17. The summed E-state index contributed by atoms with van der Waals surface area (Å²) in [6, 6.07) is 0. The van der Waals surface area contributed by atoms with Gasteiger partial charge in [-0.2, -0.15) is 0 Å². The summed E-state index contributed by atoms with van der Waals surface area (Å²) < 4.78 is 0. The minimum Gasteiger partial charge on any atom is -0.0654 e. The van der Waals surface area contributed by atoms with Crippen LogP contribution in [0.2, 0.25) is 0 Å². The van der Waals surface area contributed by atoms with Crippen LogP contribution in [0.15, 0.2) is 0 Å². The minimum absolute atomic E-state index is 1.02. The summed E-state index contributed by atoms with van der Waals surface area (Å²) in [7, 11) is 0. The predicted molar refractivity (Wildman–Crippen MR) is 87.6 cm³/mol. The maximum atomic E-state index is 2.45. The second-order valence-electron chi connectivity index (χ2n) is 7.11. The van der Waals surface area contributed by atoms with E-state index in [0.29, 0.717) is 0 Å². The highest BCUT2D eigenvalue weighted by atomic mass is 14.2. The average molecular weight is 267 g/mol. The van der Waals surface area contributed by atoms with Gasteiger partial charge in [-0.3, -0.25) is 0 Å². The van der Waals surface area contributed by atoms with Crippen molar-refractivity contribution in [3.8, 4) is 0 Å². The van der Waals surface area contributed by atoms with E-state index in [1.165, 1.54) is 96.3 Å². The lowest BCUT2D eigenvalue weighted by Gasteiger charge is -2.26. The molecule has 2 unspecified atom stereocenters. The highest BCUT2D eigenvalue weighted by Crippen LogP contribution is 2.31. The molecule has 1 saturated carbocycles. The second kappa shape index (κ2) is 11.8. The van der Waals surface area contributed by atoms with Crippen molar-refractivity contribution in [2.45, 2.75) is 110 Å². The molecule has 19 heavy (non-hydrogen) atoms. The first-order chi connectivity index (χ1) is 9.33. The Kier molecular flexibility index (Phi) is 10.6. The van der Waals surface area contributed by atoms with Crippen LogP contribution in [0.1, 0.15) is 110 Å². The summed E-state index contributed by atoms with van der Waals surface area (Å²) in [6.07, 6.45) is 22.3. The van der Waals surface area contributed by atoms with Crippen molar-refractivity contribution in [3.05, 3.63) is 0 Å². The van der Waals surface area contributed by atoms with Gasteiger partial charge in [0.05, 0.1) is 0 Å². The van der Waals surface area contributed by atoms with Crippen LogP contribution >= 0.6 is 0 Å². The molecule has 1 rings (SSSR count). The molecule has 0 aromatic rings. The summed E-state index contributed by atoms with van der Waals surface area (Å²) in [5, 5.41) is 0. The first kappa shape index (κ1) is 17.1. The van der Waals surface area contributed by atoms with E-state index in [9.17, 15) is 0 Å². The van der Waals surface area contributed by atoms with Gasteiger partial charge in [-0.05, 0) is 18.3 Å². The Morgan fingerprint density at radius 3 is 1.89 bits per heavy atom. The number of hydrogen-bond donors (Lipinski definition) is 0. The first-order valence-corrected chi connectivity index (χ1v) is 9.33. The molecule has 0 aromatic heterocycles. The molecule has 0 spiro atoms. The maximum Gasteiger partial charge on any atom is -0.0412 e. The molecule has 1 aliphatic rings. The summed E-state index contributed by atoms with van der Waals surface area (Å²) >= 11 is 0. The van der Waals surface area contributed by atoms with E-state index in [-0.39, 0.29) is 0 Å². The van der Waals surface area contributed by atoms with E-state index < -0.39 is 0 Å². The van der Waals surface area contributed by atoms with Crippen molar-refractivity contribution >= 4 is 0 Å². The van der Waals surface area contributed by atoms with Crippen LogP contribution in [0.4, 0.5) is 0 Å². The van der Waals surface area contributed by atoms with Crippen LogP contribution < -0.4 is 0 Å². The predicted octanol–water partition coefficient (Wildman–Crippen LogP) is 7.12. The van der Waals surface area contributed by atoms with Crippen LogP contribution in [0.25, 0.3) is 0 Å². The van der Waals surface area contributed by atoms with Crippen molar-refractivity contribution in [2.75, 3.05) is 0 Å². The molecule has 2 atom stereocenters. The molecule has 0 aliphatic heterocycles. The fourth-order valence-electron chi connectivity index (χ4n) is 3.74. The molecule has 0 aromatic carbocycles. The summed E-state index contributed by atoms with van der Waals surface area (Å²) in [5.74, 6) is 2.10. The van der Waals surface area contributed by atoms with E-state index in [2.05, 4.69) is 13.8 Å². The first-order valence-electron chi connectivity index (χ1n) is 9.33. The molecule has 0 bridgehead atoms. The third-order valence-corrected chi connectivity index (χ3v) is 5.01. The molecule has 0 radical (unpaired) electrons. The van der Waals surface area contributed by atoms with Gasteiger partial charge in [0.25, 0.3) is 0 Å². The third kappa shape index (κ3) is 9.52. The van der Waals surface area contributed by atoms with E-state index >= 15 is 0 Å². The zero-order valence-corrected chi connectivity index (χ0v) is 13.8. The molecular formula is C19H38. The third-order valence-electron chi connectivity index (χ3n) is 5.01. The zero-order valence-electron chi connectivity index (χ0n) is 13.8. The lowest BCUT2D eigenvalue weighted by Crippen LogP contribution is -2.12. The molecule has 0 saturated heterocycles. The Labute approximate surface area is 122 Å². The Hall–Kier alpha value is 0. The van der Waals surface area contributed by atoms with Crippen molar-refractivity contribution in [1.82, 2.24) is 0 Å². The van der Waals surface area contributed by atoms with Crippen molar-refractivity contribution in [3.63, 3.8) is 0 Å². The van der Waals surface area contributed by atoms with Gasteiger partial charge in [0.1, 0.15) is 0 Å². The molecule has 114 valence electrons. The summed E-state index contributed by atoms with van der Waals surface area (Å²) in [4.78, 5) is 0. The monoisotopic (exact) mass is 266 g/mol. The minimum atomic E-state index is 1.02. The maximum absolute atomic E-state index is 2.45. The lowest BCUT2D eigenvalue weighted by molar-refractivity contribution is 0.263. The SMILES string of the molecule is CCCCCCCCCCCCC1CCCC(C)C1. The highest BCUT2D eigenvalue weighted by molar-refractivity contribution is 4.70. The van der Waals surface area contributed by atoms with E-state index in [0.717, 1.165) is 11.8 Å². The lowest BCUT2D eigenvalue weighted by atomic mass is 9.80. The van der Waals surface area contributed by atoms with Crippen LogP contribution in [0.3, 0.4) is 0 Å². The van der Waals surface area contributed by atoms with Gasteiger partial charge in [0, 0.05) is 0 Å². The van der Waals surface area contributed by atoms with Gasteiger partial charge in [0.15, 0.2) is 0 Å². The van der Waals surface area contributed by atoms with Crippen molar-refractivity contribution in [1.29, 1.82) is 0 Å². The molecule has 0 N–H and O–H groups in total. The smallest absolute Gasteiger partial charge is 0.0412 e. The normalized spacial score (nSPS) is 23.7. The van der Waals surface area contributed by atoms with E-state index in [1.54, 1.807) is 0 Å². The fraction of sp³-hybridized carbons (Fsp3) is 1.00. The number of rotatable bonds is 11. The van der Waals surface area contributed by atoms with E-state index in [4.69, 9.17) is 0 Å². The Balaban J connectivity index is 1.78. The van der Waals surface area contributed by atoms with Crippen LogP contribution in [-0.4, -0.2) is 0 Å². The van der Waals surface area contributed by atoms with Gasteiger partial charge < -0.3 is 0 Å². The Morgan fingerprint density at radius 2 is 1.32 bits per heavy atom. The van der Waals surface area contributed by atoms with Gasteiger partial charge in [-0.25, -0.2) is 0 Å². The van der Waals surface area contributed by atoms with E-state index in [1.807, 2.05) is 0 Å². The number of hydrogen-bond acceptors (Lipinski definition) is 0. The molecule has 0 amide bonds. The molecule has 1 aliphatic carbocycles. The fourth-order valence-corrected chi connectivity index (χ4v) is 3.74. The molecule has 1 fully saturated rings. The Morgan fingerprint density at radius 1 is 0.737 bits per heavy atom. The van der Waals surface area contributed by atoms with Gasteiger partial charge in [-0.1, -0.05) is 104 Å². The van der Waals surface area contributed by atoms with Crippen molar-refractivity contribution < 1.29 is 0 Å². The Bertz CT molecular complexity index is 184. The topological polar surface area (TPSA) is 0 Å². The number of unbranched alkanes of at least 4 members (excludes halogenated alkanes) is 9. The van der Waals surface area contributed by atoms with Gasteiger partial charge >= 0.3 is 0 Å². The summed E-state index contributed by atoms with van der Waals surface area (Å²) in [6.45, 7) is 4.75.